The highest BCUT2D eigenvalue weighted by atomic mass is 16.6. The van der Waals surface area contributed by atoms with Gasteiger partial charge in [0.25, 0.3) is 0 Å². The van der Waals surface area contributed by atoms with Crippen LogP contribution in [0.5, 0.6) is 0 Å². The SMILES string of the molecule is [N-]=[N+]=NCC(=O)NCC(O)Cn1ccnc1[N+](=O)[O-]. The Morgan fingerprint density at radius 1 is 1.79 bits per heavy atom. The Morgan fingerprint density at radius 2 is 2.53 bits per heavy atom. The van der Waals surface area contributed by atoms with Gasteiger partial charge in [-0.1, -0.05) is 10.1 Å². The zero-order valence-electron chi connectivity index (χ0n) is 9.71. The van der Waals surface area contributed by atoms with Crippen LogP contribution in [0.25, 0.3) is 10.4 Å². The van der Waals surface area contributed by atoms with E-state index in [1.165, 1.54) is 12.4 Å². The average molecular weight is 269 g/mol. The zero-order valence-corrected chi connectivity index (χ0v) is 9.71. The van der Waals surface area contributed by atoms with Crippen molar-refractivity contribution in [3.05, 3.63) is 33.0 Å². The predicted octanol–water partition coefficient (Wildman–Crippen LogP) is -0.421. The first kappa shape index (κ1) is 14.4. The minimum absolute atomic E-state index is 0.0852. The van der Waals surface area contributed by atoms with Gasteiger partial charge in [0.15, 0.2) is 0 Å². The normalized spacial score (nSPS) is 11.4. The van der Waals surface area contributed by atoms with E-state index in [9.17, 15) is 20.0 Å². The summed E-state index contributed by atoms with van der Waals surface area (Å²) in [6.07, 6.45) is 1.57. The number of rotatable bonds is 7. The fourth-order valence-corrected chi connectivity index (χ4v) is 1.29. The number of azide groups is 1. The Kier molecular flexibility index (Phi) is 5.26. The number of nitrogens with one attached hydrogen (secondary N) is 1. The molecule has 0 aliphatic carbocycles. The van der Waals surface area contributed by atoms with Crippen LogP contribution in [0, 0.1) is 10.1 Å². The van der Waals surface area contributed by atoms with Gasteiger partial charge in [0.2, 0.25) is 5.91 Å². The Balaban J connectivity index is 2.44. The summed E-state index contributed by atoms with van der Waals surface area (Å²) in [7, 11) is 0. The molecule has 0 bridgehead atoms. The monoisotopic (exact) mass is 269 g/mol. The van der Waals surface area contributed by atoms with Crippen molar-refractivity contribution in [3.8, 4) is 0 Å². The maximum absolute atomic E-state index is 11.1. The highest BCUT2D eigenvalue weighted by Gasteiger charge is 2.17. The molecule has 11 heteroatoms. The van der Waals surface area contributed by atoms with E-state index in [4.69, 9.17) is 5.53 Å². The minimum Gasteiger partial charge on any atom is -0.390 e. The molecule has 1 aromatic rings. The van der Waals surface area contributed by atoms with Crippen LogP contribution in [0.1, 0.15) is 0 Å². The standard InChI is InChI=1S/C8H11N7O4/c9-13-12-4-7(17)11-3-6(16)5-14-2-1-10-8(14)15(18)19/h1-2,6,16H,3-5H2,(H,11,17). The molecule has 0 fully saturated rings. The van der Waals surface area contributed by atoms with Crippen LogP contribution < -0.4 is 5.32 Å². The van der Waals surface area contributed by atoms with Crippen molar-refractivity contribution in [1.29, 1.82) is 0 Å². The number of nitrogens with zero attached hydrogens (tertiary/aromatic N) is 6. The van der Waals surface area contributed by atoms with Crippen LogP contribution in [0.4, 0.5) is 5.95 Å². The van der Waals surface area contributed by atoms with E-state index in [0.717, 1.165) is 4.57 Å². The van der Waals surface area contributed by atoms with Gasteiger partial charge in [-0.05, 0) is 10.5 Å². The highest BCUT2D eigenvalue weighted by molar-refractivity contribution is 5.78. The van der Waals surface area contributed by atoms with Crippen LogP contribution in [0.2, 0.25) is 0 Å². The van der Waals surface area contributed by atoms with Crippen LogP contribution in [0.3, 0.4) is 0 Å². The summed E-state index contributed by atoms with van der Waals surface area (Å²) in [4.78, 5) is 26.9. The van der Waals surface area contributed by atoms with E-state index in [1.54, 1.807) is 0 Å². The minimum atomic E-state index is -1.03. The lowest BCUT2D eigenvalue weighted by Crippen LogP contribution is -2.35. The van der Waals surface area contributed by atoms with E-state index in [0.29, 0.717) is 0 Å². The Hall–Kier alpha value is -2.65. The second-order valence-corrected chi connectivity index (χ2v) is 3.48. The number of nitro groups is 1. The van der Waals surface area contributed by atoms with E-state index < -0.39 is 16.9 Å². The largest absolute Gasteiger partial charge is 0.434 e. The number of carbonyl (C=O) groups excluding carboxylic acids is 1. The molecule has 2 N–H and O–H groups in total. The van der Waals surface area contributed by atoms with Crippen molar-refractivity contribution in [2.75, 3.05) is 13.1 Å². The zero-order chi connectivity index (χ0) is 14.3. The van der Waals surface area contributed by atoms with Gasteiger partial charge < -0.3 is 20.5 Å². The molecule has 19 heavy (non-hydrogen) atoms. The van der Waals surface area contributed by atoms with Crippen molar-refractivity contribution >= 4 is 11.9 Å². The van der Waals surface area contributed by atoms with Gasteiger partial charge in [-0.2, -0.15) is 0 Å². The molecule has 11 nitrogen and oxygen atoms in total. The molecule has 0 radical (unpaired) electrons. The molecule has 0 aliphatic heterocycles. The van der Waals surface area contributed by atoms with E-state index in [1.807, 2.05) is 0 Å². The van der Waals surface area contributed by atoms with Crippen molar-refractivity contribution in [3.63, 3.8) is 0 Å². The highest BCUT2D eigenvalue weighted by Crippen LogP contribution is 2.07. The number of aromatic nitrogens is 2. The summed E-state index contributed by atoms with van der Waals surface area (Å²) in [5.74, 6) is -0.934. The predicted molar refractivity (Wildman–Crippen MR) is 61.9 cm³/mol. The number of hydrogen-bond acceptors (Lipinski definition) is 6. The fourth-order valence-electron chi connectivity index (χ4n) is 1.29. The van der Waals surface area contributed by atoms with Crippen molar-refractivity contribution in [2.24, 2.45) is 5.11 Å². The van der Waals surface area contributed by atoms with Gasteiger partial charge in [-0.3, -0.25) is 4.79 Å². The first-order valence-electron chi connectivity index (χ1n) is 5.15. The number of hydrogen-bond donors (Lipinski definition) is 2. The lowest BCUT2D eigenvalue weighted by atomic mass is 10.3. The molecular weight excluding hydrogens is 258 g/mol. The fraction of sp³-hybridized carbons (Fsp3) is 0.500. The van der Waals surface area contributed by atoms with Gasteiger partial charge in [0.05, 0.1) is 6.54 Å². The average Bonchev–Trinajstić information content (AvgIpc) is 2.82. The second kappa shape index (κ2) is 6.93. The molecule has 0 aliphatic rings. The molecule has 1 unspecified atom stereocenters. The van der Waals surface area contributed by atoms with Crippen LogP contribution in [-0.2, 0) is 11.3 Å². The third-order valence-corrected chi connectivity index (χ3v) is 2.08. The number of carbonyl (C=O) groups is 1. The molecule has 0 saturated carbocycles. The van der Waals surface area contributed by atoms with E-state index >= 15 is 0 Å². The van der Waals surface area contributed by atoms with Crippen LogP contribution in [0.15, 0.2) is 17.5 Å². The van der Waals surface area contributed by atoms with Crippen molar-refractivity contribution in [2.45, 2.75) is 12.6 Å². The molecule has 1 atom stereocenters. The van der Waals surface area contributed by atoms with Crippen LogP contribution >= 0.6 is 0 Å². The second-order valence-electron chi connectivity index (χ2n) is 3.48. The van der Waals surface area contributed by atoms with Crippen LogP contribution in [-0.4, -0.2) is 44.7 Å². The molecule has 0 aromatic carbocycles. The summed E-state index contributed by atoms with van der Waals surface area (Å²) in [6.45, 7) is -0.568. The topological polar surface area (TPSA) is 159 Å². The van der Waals surface area contributed by atoms with Gasteiger partial charge in [0.1, 0.15) is 25.0 Å². The van der Waals surface area contributed by atoms with Crippen molar-refractivity contribution < 1.29 is 14.8 Å². The lowest BCUT2D eigenvalue weighted by Gasteiger charge is -2.10. The first-order chi connectivity index (χ1) is 9.04. The summed E-state index contributed by atoms with van der Waals surface area (Å²) in [5.41, 5.74) is 8.00. The van der Waals surface area contributed by atoms with Gasteiger partial charge in [0, 0.05) is 11.5 Å². The maximum Gasteiger partial charge on any atom is 0.434 e. The quantitative estimate of drug-likeness (QED) is 0.225. The van der Waals surface area contributed by atoms with E-state index in [-0.39, 0.29) is 25.6 Å². The molecule has 0 spiro atoms. The van der Waals surface area contributed by atoms with E-state index in [2.05, 4.69) is 20.3 Å². The van der Waals surface area contributed by atoms with Gasteiger partial charge in [-0.15, -0.1) is 0 Å². The molecule has 1 aromatic heterocycles. The maximum atomic E-state index is 11.1. The summed E-state index contributed by atoms with van der Waals surface area (Å²) < 4.78 is 1.16. The number of aliphatic hydroxyl groups is 1. The summed E-state index contributed by atoms with van der Waals surface area (Å²) in [6, 6.07) is 0. The Morgan fingerprint density at radius 3 is 3.16 bits per heavy atom. The molecule has 1 amide bonds. The molecule has 0 saturated heterocycles. The number of amides is 1. The van der Waals surface area contributed by atoms with Gasteiger partial charge in [-0.25, -0.2) is 4.57 Å². The smallest absolute Gasteiger partial charge is 0.390 e. The molecule has 1 heterocycles. The first-order valence-corrected chi connectivity index (χ1v) is 5.15. The summed E-state index contributed by atoms with van der Waals surface area (Å²) in [5, 5.41) is 25.6. The third kappa shape index (κ3) is 4.61. The van der Waals surface area contributed by atoms with Gasteiger partial charge >= 0.3 is 5.95 Å². The Bertz CT molecular complexity index is 507. The van der Waals surface area contributed by atoms with Crippen molar-refractivity contribution in [1.82, 2.24) is 14.9 Å². The molecule has 102 valence electrons. The molecule has 1 rings (SSSR count). The number of imidazole rings is 1. The lowest BCUT2D eigenvalue weighted by molar-refractivity contribution is -0.397. The molecular formula is C8H11N7O4. The summed E-state index contributed by atoms with van der Waals surface area (Å²) >= 11 is 0. The number of aliphatic hydroxyl groups excluding tert-OH is 1. The third-order valence-electron chi connectivity index (χ3n) is 2.08. The Labute approximate surface area is 106 Å².